The lowest BCUT2D eigenvalue weighted by molar-refractivity contribution is 0.590. The van der Waals surface area contributed by atoms with Crippen LogP contribution in [0.5, 0.6) is 0 Å². The zero-order valence-corrected chi connectivity index (χ0v) is 7.60. The van der Waals surface area contributed by atoms with Gasteiger partial charge in [-0.25, -0.2) is 4.39 Å². The predicted octanol–water partition coefficient (Wildman–Crippen LogP) is 3.33. The van der Waals surface area contributed by atoms with E-state index in [1.54, 1.807) is 6.07 Å². The van der Waals surface area contributed by atoms with Crippen LogP contribution in [0.2, 0.25) is 0 Å². The van der Waals surface area contributed by atoms with Crippen molar-refractivity contribution in [2.45, 2.75) is 26.2 Å². The van der Waals surface area contributed by atoms with E-state index in [2.05, 4.69) is 6.92 Å². The maximum atomic E-state index is 13.5. The van der Waals surface area contributed by atoms with Crippen LogP contribution < -0.4 is 0 Å². The number of halogens is 1. The average Bonchev–Trinajstić information content (AvgIpc) is 2.04. The fourth-order valence-corrected chi connectivity index (χ4v) is 1.25. The lowest BCUT2D eigenvalue weighted by Crippen LogP contribution is -1.97. The van der Waals surface area contributed by atoms with Gasteiger partial charge in [-0.15, -0.1) is 0 Å². The Hall–Kier alpha value is -0.850. The Balaban J connectivity index is 3.14. The van der Waals surface area contributed by atoms with Crippen molar-refractivity contribution in [3.05, 3.63) is 42.1 Å². The van der Waals surface area contributed by atoms with Gasteiger partial charge in [0.15, 0.2) is 0 Å². The standard InChI is InChI=1S/C11H14F/c1-4-9-6-5-7-10(8(2)3)11(9)12/h5-8H,2,4H2,1,3H3. The van der Waals surface area contributed by atoms with Crippen LogP contribution in [0, 0.1) is 12.7 Å². The molecule has 1 rings (SSSR count). The Bertz CT molecular complexity index is 264. The van der Waals surface area contributed by atoms with Crippen LogP contribution in [0.4, 0.5) is 4.39 Å². The summed E-state index contributed by atoms with van der Waals surface area (Å²) in [5, 5.41) is 0. The van der Waals surface area contributed by atoms with Crippen LogP contribution in [0.25, 0.3) is 0 Å². The van der Waals surface area contributed by atoms with Crippen LogP contribution in [-0.4, -0.2) is 0 Å². The van der Waals surface area contributed by atoms with E-state index in [0.717, 1.165) is 12.0 Å². The van der Waals surface area contributed by atoms with Gasteiger partial charge < -0.3 is 0 Å². The molecule has 0 aromatic heterocycles. The maximum Gasteiger partial charge on any atom is 0.129 e. The molecule has 0 aliphatic carbocycles. The summed E-state index contributed by atoms with van der Waals surface area (Å²) < 4.78 is 13.5. The van der Waals surface area contributed by atoms with Crippen LogP contribution in [0.3, 0.4) is 0 Å². The summed E-state index contributed by atoms with van der Waals surface area (Å²) >= 11 is 0. The van der Waals surface area contributed by atoms with Crippen LogP contribution >= 0.6 is 0 Å². The molecule has 12 heavy (non-hydrogen) atoms. The molecule has 0 heterocycles. The summed E-state index contributed by atoms with van der Waals surface area (Å²) in [5.74, 6) is -0.0565. The molecule has 1 aromatic carbocycles. The Morgan fingerprint density at radius 3 is 2.67 bits per heavy atom. The molecule has 0 aliphatic rings. The highest BCUT2D eigenvalue weighted by Crippen LogP contribution is 2.20. The normalized spacial score (nSPS) is 10.8. The fraction of sp³-hybridized carbons (Fsp3) is 0.364. The first kappa shape index (κ1) is 9.24. The SMILES string of the molecule is [CH2]C(C)c1cccc(CC)c1F. The third-order valence-corrected chi connectivity index (χ3v) is 2.02. The van der Waals surface area contributed by atoms with Crippen molar-refractivity contribution in [2.24, 2.45) is 0 Å². The highest BCUT2D eigenvalue weighted by molar-refractivity contribution is 5.28. The minimum atomic E-state index is -0.0810. The van der Waals surface area contributed by atoms with E-state index < -0.39 is 0 Å². The summed E-state index contributed by atoms with van der Waals surface area (Å²) in [5.41, 5.74) is 1.50. The molecule has 0 N–H and O–H groups in total. The maximum absolute atomic E-state index is 13.5. The molecule has 0 spiro atoms. The van der Waals surface area contributed by atoms with Crippen molar-refractivity contribution in [1.29, 1.82) is 0 Å². The fourth-order valence-electron chi connectivity index (χ4n) is 1.25. The molecule has 0 aliphatic heterocycles. The van der Waals surface area contributed by atoms with E-state index in [0.29, 0.717) is 5.56 Å². The Morgan fingerprint density at radius 2 is 2.17 bits per heavy atom. The molecule has 0 saturated heterocycles. The molecule has 0 amide bonds. The highest BCUT2D eigenvalue weighted by atomic mass is 19.1. The smallest absolute Gasteiger partial charge is 0.129 e. The molecule has 1 atom stereocenters. The topological polar surface area (TPSA) is 0 Å². The first-order valence-electron chi connectivity index (χ1n) is 4.27. The number of hydrogen-bond acceptors (Lipinski definition) is 0. The number of rotatable bonds is 2. The monoisotopic (exact) mass is 165 g/mol. The summed E-state index contributed by atoms with van der Waals surface area (Å²) in [6.07, 6.45) is 0.742. The zero-order chi connectivity index (χ0) is 9.14. The van der Waals surface area contributed by atoms with Crippen molar-refractivity contribution >= 4 is 0 Å². The van der Waals surface area contributed by atoms with Gasteiger partial charge in [-0.05, 0) is 30.4 Å². The van der Waals surface area contributed by atoms with Gasteiger partial charge in [-0.2, -0.15) is 0 Å². The molecule has 1 heteroatoms. The molecule has 0 bridgehead atoms. The van der Waals surface area contributed by atoms with Gasteiger partial charge in [0.1, 0.15) is 5.82 Å². The minimum Gasteiger partial charge on any atom is -0.206 e. The van der Waals surface area contributed by atoms with Gasteiger partial charge >= 0.3 is 0 Å². The molecule has 1 radical (unpaired) electrons. The van der Waals surface area contributed by atoms with Crippen LogP contribution in [0.15, 0.2) is 18.2 Å². The molecular formula is C11H14F. The number of benzene rings is 1. The van der Waals surface area contributed by atoms with Gasteiger partial charge in [0.25, 0.3) is 0 Å². The Kier molecular flexibility index (Phi) is 2.85. The van der Waals surface area contributed by atoms with Crippen molar-refractivity contribution in [3.63, 3.8) is 0 Å². The minimum absolute atomic E-state index is 0.0245. The molecule has 65 valence electrons. The molecule has 1 unspecified atom stereocenters. The lowest BCUT2D eigenvalue weighted by atomic mass is 9.99. The van der Waals surface area contributed by atoms with Gasteiger partial charge in [-0.3, -0.25) is 0 Å². The first-order valence-corrected chi connectivity index (χ1v) is 4.27. The predicted molar refractivity (Wildman–Crippen MR) is 49.6 cm³/mol. The third kappa shape index (κ3) is 1.66. The first-order chi connectivity index (χ1) is 5.66. The molecule has 0 fully saturated rings. The van der Waals surface area contributed by atoms with Gasteiger partial charge in [-0.1, -0.05) is 32.0 Å². The average molecular weight is 165 g/mol. The number of hydrogen-bond donors (Lipinski definition) is 0. The highest BCUT2D eigenvalue weighted by Gasteiger charge is 2.08. The third-order valence-electron chi connectivity index (χ3n) is 2.02. The largest absolute Gasteiger partial charge is 0.206 e. The van der Waals surface area contributed by atoms with Gasteiger partial charge in [0.05, 0.1) is 0 Å². The van der Waals surface area contributed by atoms with Crippen molar-refractivity contribution in [2.75, 3.05) is 0 Å². The van der Waals surface area contributed by atoms with E-state index in [9.17, 15) is 4.39 Å². The molecule has 0 nitrogen and oxygen atoms in total. The van der Waals surface area contributed by atoms with Crippen molar-refractivity contribution in [3.8, 4) is 0 Å². The molecule has 1 aromatic rings. The molecule has 0 saturated carbocycles. The summed E-state index contributed by atoms with van der Waals surface area (Å²) in [6.45, 7) is 7.66. The van der Waals surface area contributed by atoms with E-state index >= 15 is 0 Å². The number of aryl methyl sites for hydroxylation is 1. The van der Waals surface area contributed by atoms with E-state index in [1.165, 1.54) is 0 Å². The Labute approximate surface area is 73.4 Å². The zero-order valence-electron chi connectivity index (χ0n) is 7.60. The summed E-state index contributed by atoms with van der Waals surface area (Å²) in [7, 11) is 0. The second-order valence-electron chi connectivity index (χ2n) is 3.07. The molecular weight excluding hydrogens is 151 g/mol. The van der Waals surface area contributed by atoms with Gasteiger partial charge in [0, 0.05) is 0 Å². The van der Waals surface area contributed by atoms with Crippen molar-refractivity contribution in [1.82, 2.24) is 0 Å². The second-order valence-corrected chi connectivity index (χ2v) is 3.07. The van der Waals surface area contributed by atoms with E-state index in [-0.39, 0.29) is 11.7 Å². The summed E-state index contributed by atoms with van der Waals surface area (Å²) in [6, 6.07) is 5.51. The van der Waals surface area contributed by atoms with Crippen LogP contribution in [0.1, 0.15) is 30.9 Å². The quantitative estimate of drug-likeness (QED) is 0.630. The van der Waals surface area contributed by atoms with E-state index in [4.69, 9.17) is 0 Å². The lowest BCUT2D eigenvalue weighted by Gasteiger charge is -2.09. The van der Waals surface area contributed by atoms with Gasteiger partial charge in [0.2, 0.25) is 0 Å². The summed E-state index contributed by atoms with van der Waals surface area (Å²) in [4.78, 5) is 0. The Morgan fingerprint density at radius 1 is 1.50 bits per heavy atom. The van der Waals surface area contributed by atoms with Crippen LogP contribution in [-0.2, 0) is 6.42 Å². The second kappa shape index (κ2) is 3.70. The van der Waals surface area contributed by atoms with E-state index in [1.807, 2.05) is 26.0 Å². The van der Waals surface area contributed by atoms with Crippen molar-refractivity contribution < 1.29 is 4.39 Å².